The van der Waals surface area contributed by atoms with Crippen molar-refractivity contribution in [3.8, 4) is 6.07 Å². The summed E-state index contributed by atoms with van der Waals surface area (Å²) in [6.45, 7) is 8.63. The fraction of sp³-hybridized carbons (Fsp3) is 0.704. The number of ketones is 1. The number of carbonyl (C=O) groups is 2. The number of thiazole rings is 1. The van der Waals surface area contributed by atoms with Crippen molar-refractivity contribution in [2.24, 2.45) is 17.3 Å². The molecule has 6 atom stereocenters. The molecule has 0 saturated carbocycles. The third-order valence-electron chi connectivity index (χ3n) is 7.15. The number of aliphatic hydroxyl groups excluding tert-OH is 3. The molecule has 1 aliphatic rings. The number of cyclic esters (lactones) is 1. The fourth-order valence-corrected chi connectivity index (χ4v) is 5.12. The van der Waals surface area contributed by atoms with Crippen molar-refractivity contribution >= 4 is 29.2 Å². The van der Waals surface area contributed by atoms with Gasteiger partial charge in [-0.1, -0.05) is 27.7 Å². The average molecular weight is 537 g/mol. The Morgan fingerprint density at radius 2 is 2.03 bits per heavy atom. The van der Waals surface area contributed by atoms with Gasteiger partial charge in [0.25, 0.3) is 0 Å². The van der Waals surface area contributed by atoms with E-state index in [0.717, 1.165) is 0 Å². The Labute approximate surface area is 223 Å². The number of carbonyl (C=O) groups excluding carboxylic acids is 2. The van der Waals surface area contributed by atoms with Gasteiger partial charge >= 0.3 is 5.97 Å². The van der Waals surface area contributed by atoms with Crippen LogP contribution in [0, 0.1) is 28.6 Å². The molecular formula is C27H40N2O7S. The molecule has 9 nitrogen and oxygen atoms in total. The first-order chi connectivity index (χ1) is 17.4. The van der Waals surface area contributed by atoms with E-state index in [-0.39, 0.29) is 31.1 Å². The van der Waals surface area contributed by atoms with Crippen molar-refractivity contribution in [3.63, 3.8) is 0 Å². The number of rotatable bonds is 4. The molecule has 0 aromatic carbocycles. The van der Waals surface area contributed by atoms with Gasteiger partial charge in [-0.2, -0.15) is 5.26 Å². The van der Waals surface area contributed by atoms with Gasteiger partial charge in [-0.3, -0.25) is 9.59 Å². The molecular weight excluding hydrogens is 496 g/mol. The normalized spacial score (nSPS) is 30.9. The van der Waals surface area contributed by atoms with Gasteiger partial charge in [0.2, 0.25) is 0 Å². The molecule has 0 unspecified atom stereocenters. The maximum absolute atomic E-state index is 13.2. The SMILES string of the molecule is C/C(=C\c1csc(CO)n1)[C@@H]1C[C@H](CC#N)OCCC[C@H](C)[C@H](O)[C@@H](C)C(=O)C(C)(C)[C@@H](O)CC(=O)O1. The first-order valence-electron chi connectivity index (χ1n) is 12.7. The van der Waals surface area contributed by atoms with Gasteiger partial charge in [-0.25, -0.2) is 4.98 Å². The minimum Gasteiger partial charge on any atom is -0.458 e. The Morgan fingerprint density at radius 1 is 1.32 bits per heavy atom. The van der Waals surface area contributed by atoms with Crippen LogP contribution in [0.4, 0.5) is 0 Å². The smallest absolute Gasteiger partial charge is 0.309 e. The van der Waals surface area contributed by atoms with Gasteiger partial charge in [-0.15, -0.1) is 11.3 Å². The molecule has 1 aromatic rings. The number of nitriles is 1. The zero-order valence-corrected chi connectivity index (χ0v) is 23.2. The summed E-state index contributed by atoms with van der Waals surface area (Å²) < 4.78 is 11.7. The zero-order chi connectivity index (χ0) is 27.8. The summed E-state index contributed by atoms with van der Waals surface area (Å²) in [5.41, 5.74) is 0.0106. The Balaban J connectivity index is 2.36. The van der Waals surface area contributed by atoms with Gasteiger partial charge in [0.15, 0.2) is 0 Å². The molecule has 0 spiro atoms. The van der Waals surface area contributed by atoms with Gasteiger partial charge in [0.1, 0.15) is 16.9 Å². The minimum atomic E-state index is -1.31. The number of Topliss-reactive ketones (excluding diaryl/α,β-unsaturated/α-hetero) is 1. The van der Waals surface area contributed by atoms with Gasteiger partial charge in [-0.05, 0) is 37.3 Å². The molecule has 1 aliphatic heterocycles. The number of aliphatic hydroxyl groups is 3. The molecule has 0 bridgehead atoms. The molecule has 2 rings (SSSR count). The van der Waals surface area contributed by atoms with Crippen molar-refractivity contribution in [3.05, 3.63) is 21.7 Å². The average Bonchev–Trinajstić information content (AvgIpc) is 3.31. The number of ether oxygens (including phenoxy) is 2. The van der Waals surface area contributed by atoms with Crippen LogP contribution >= 0.6 is 11.3 Å². The molecule has 0 radical (unpaired) electrons. The van der Waals surface area contributed by atoms with Crippen LogP contribution in [-0.2, 0) is 25.7 Å². The Kier molecular flexibility index (Phi) is 11.9. The fourth-order valence-electron chi connectivity index (χ4n) is 4.51. The molecule has 1 aromatic heterocycles. The number of hydrogen-bond acceptors (Lipinski definition) is 10. The molecule has 206 valence electrons. The highest BCUT2D eigenvalue weighted by atomic mass is 32.1. The number of hydrogen-bond donors (Lipinski definition) is 3. The topological polar surface area (TPSA) is 150 Å². The predicted molar refractivity (Wildman–Crippen MR) is 139 cm³/mol. The van der Waals surface area contributed by atoms with Crippen LogP contribution in [0.3, 0.4) is 0 Å². The standard InChI is InChI=1S/C27H40N2O7S/c1-16-7-6-10-35-20(8-9-28)12-21(17(2)11-19-15-37-23(14-30)29-19)36-24(32)13-22(31)27(4,5)26(34)18(3)25(16)33/h11,15-16,18,20-22,25,30-31,33H,6-8,10,12-14H2,1-5H3/b17-11+/t16-,18+,20-,21-,22-,25-/m0/s1. The van der Waals surface area contributed by atoms with Crippen LogP contribution in [0.25, 0.3) is 6.08 Å². The van der Waals surface area contributed by atoms with E-state index in [9.17, 15) is 30.2 Å². The summed E-state index contributed by atoms with van der Waals surface area (Å²) >= 11 is 1.31. The van der Waals surface area contributed by atoms with Crippen molar-refractivity contribution in [2.45, 2.75) is 97.7 Å². The predicted octanol–water partition coefficient (Wildman–Crippen LogP) is 3.41. The largest absolute Gasteiger partial charge is 0.458 e. The summed E-state index contributed by atoms with van der Waals surface area (Å²) in [7, 11) is 0. The first-order valence-corrected chi connectivity index (χ1v) is 13.6. The van der Waals surface area contributed by atoms with Crippen molar-refractivity contribution in [2.75, 3.05) is 6.61 Å². The lowest BCUT2D eigenvalue weighted by Crippen LogP contribution is -2.45. The van der Waals surface area contributed by atoms with Crippen molar-refractivity contribution < 1.29 is 34.4 Å². The Morgan fingerprint density at radius 3 is 2.65 bits per heavy atom. The van der Waals surface area contributed by atoms with Gasteiger partial charge < -0.3 is 24.8 Å². The first kappa shape index (κ1) is 31.1. The molecule has 3 N–H and O–H groups in total. The minimum absolute atomic E-state index is 0.103. The van der Waals surface area contributed by atoms with Crippen LogP contribution in [0.2, 0.25) is 0 Å². The van der Waals surface area contributed by atoms with E-state index < -0.39 is 48.1 Å². The Hall–Kier alpha value is -2.16. The van der Waals surface area contributed by atoms with E-state index in [1.165, 1.54) is 11.3 Å². The summed E-state index contributed by atoms with van der Waals surface area (Å²) in [4.78, 5) is 30.4. The van der Waals surface area contributed by atoms with Crippen LogP contribution in [0.5, 0.6) is 0 Å². The van der Waals surface area contributed by atoms with E-state index >= 15 is 0 Å². The van der Waals surface area contributed by atoms with E-state index in [2.05, 4.69) is 11.1 Å². The maximum atomic E-state index is 13.2. The lowest BCUT2D eigenvalue weighted by Gasteiger charge is -2.34. The Bertz CT molecular complexity index is 984. The lowest BCUT2D eigenvalue weighted by molar-refractivity contribution is -0.155. The second-order valence-electron chi connectivity index (χ2n) is 10.5. The lowest BCUT2D eigenvalue weighted by atomic mass is 9.73. The summed E-state index contributed by atoms with van der Waals surface area (Å²) in [6.07, 6.45) is -0.536. The molecule has 37 heavy (non-hydrogen) atoms. The van der Waals surface area contributed by atoms with E-state index in [4.69, 9.17) is 9.47 Å². The highest BCUT2D eigenvalue weighted by Crippen LogP contribution is 2.32. The third kappa shape index (κ3) is 8.69. The summed E-state index contributed by atoms with van der Waals surface area (Å²) in [6, 6.07) is 2.12. The molecule has 10 heteroatoms. The number of aromatic nitrogens is 1. The molecule has 1 fully saturated rings. The van der Waals surface area contributed by atoms with Crippen LogP contribution in [0.15, 0.2) is 11.0 Å². The summed E-state index contributed by atoms with van der Waals surface area (Å²) in [5.74, 6) is -1.91. The van der Waals surface area contributed by atoms with E-state index in [1.807, 2.05) is 6.92 Å². The molecule has 2 heterocycles. The molecule has 1 saturated heterocycles. The summed E-state index contributed by atoms with van der Waals surface area (Å²) in [5, 5.41) is 42.6. The number of nitrogens with zero attached hydrogens (tertiary/aromatic N) is 2. The van der Waals surface area contributed by atoms with Crippen molar-refractivity contribution in [1.29, 1.82) is 5.26 Å². The third-order valence-corrected chi connectivity index (χ3v) is 8.00. The van der Waals surface area contributed by atoms with E-state index in [1.54, 1.807) is 39.2 Å². The highest BCUT2D eigenvalue weighted by molar-refractivity contribution is 7.09. The molecule has 0 aliphatic carbocycles. The van der Waals surface area contributed by atoms with Gasteiger partial charge in [0.05, 0.1) is 54.9 Å². The van der Waals surface area contributed by atoms with Crippen LogP contribution < -0.4 is 0 Å². The molecule has 0 amide bonds. The second-order valence-corrected chi connectivity index (χ2v) is 11.4. The maximum Gasteiger partial charge on any atom is 0.309 e. The number of esters is 1. The van der Waals surface area contributed by atoms with E-state index in [0.29, 0.717) is 35.7 Å². The zero-order valence-electron chi connectivity index (χ0n) is 22.3. The highest BCUT2D eigenvalue weighted by Gasteiger charge is 2.42. The monoisotopic (exact) mass is 536 g/mol. The van der Waals surface area contributed by atoms with Crippen LogP contribution in [-0.4, -0.2) is 63.1 Å². The van der Waals surface area contributed by atoms with Crippen LogP contribution in [0.1, 0.15) is 77.4 Å². The van der Waals surface area contributed by atoms with Crippen molar-refractivity contribution in [1.82, 2.24) is 4.98 Å². The van der Waals surface area contributed by atoms with Gasteiger partial charge in [0, 0.05) is 24.3 Å². The quantitative estimate of drug-likeness (QED) is 0.492. The second kappa shape index (κ2) is 14.1.